The van der Waals surface area contributed by atoms with E-state index in [4.69, 9.17) is 5.11 Å². The Morgan fingerprint density at radius 2 is 2.10 bits per heavy atom. The highest BCUT2D eigenvalue weighted by molar-refractivity contribution is 5.89. The van der Waals surface area contributed by atoms with Crippen LogP contribution in [0.25, 0.3) is 0 Å². The number of nitrogens with one attached hydrogen (secondary N) is 1. The number of anilines is 1. The highest BCUT2D eigenvalue weighted by Gasteiger charge is 2.24. The normalized spacial score (nSPS) is 21.8. The molecule has 2 rings (SSSR count). The molecule has 0 aliphatic heterocycles. The topological polar surface area (TPSA) is 113 Å². The molecule has 3 N–H and O–H groups in total. The highest BCUT2D eigenvalue weighted by Crippen LogP contribution is 2.28. The predicted molar refractivity (Wildman–Crippen MR) is 76.5 cm³/mol. The zero-order valence-corrected chi connectivity index (χ0v) is 11.5. The quantitative estimate of drug-likeness (QED) is 0.567. The fraction of sp³-hybridized carbons (Fsp3) is 0.500. The monoisotopic (exact) mass is 294 g/mol. The van der Waals surface area contributed by atoms with Gasteiger partial charge in [0.25, 0.3) is 5.69 Å². The lowest BCUT2D eigenvalue weighted by molar-refractivity contribution is -0.384. The van der Waals surface area contributed by atoms with Crippen molar-refractivity contribution in [3.63, 3.8) is 0 Å². The number of carboxylic acids is 1. The predicted octanol–water partition coefficient (Wildman–Crippen LogP) is 2.26. The number of nitrogens with zero attached hydrogens (tertiary/aromatic N) is 1. The molecule has 1 aliphatic carbocycles. The molecule has 1 saturated carbocycles. The summed E-state index contributed by atoms with van der Waals surface area (Å²) in [5.74, 6) is -1.13. The molecule has 1 aliphatic rings. The average Bonchev–Trinajstić information content (AvgIpc) is 2.46. The molecule has 0 bridgehead atoms. The summed E-state index contributed by atoms with van der Waals surface area (Å²) in [5, 5.41) is 32.8. The number of carboxylic acid groups (broad SMARTS) is 1. The lowest BCUT2D eigenvalue weighted by atomic mass is 9.86. The molecule has 0 amide bonds. The van der Waals surface area contributed by atoms with Crippen LogP contribution in [0.2, 0.25) is 0 Å². The molecule has 2 unspecified atom stereocenters. The van der Waals surface area contributed by atoms with Crippen molar-refractivity contribution < 1.29 is 19.9 Å². The molecule has 0 aromatic heterocycles. The molecular weight excluding hydrogens is 276 g/mol. The van der Waals surface area contributed by atoms with Gasteiger partial charge in [0.05, 0.1) is 16.6 Å². The average molecular weight is 294 g/mol. The fourth-order valence-corrected chi connectivity index (χ4v) is 2.63. The van der Waals surface area contributed by atoms with Gasteiger partial charge in [0.2, 0.25) is 0 Å². The summed E-state index contributed by atoms with van der Waals surface area (Å²) in [6.45, 7) is 0.439. The van der Waals surface area contributed by atoms with Gasteiger partial charge >= 0.3 is 5.97 Å². The Hall–Kier alpha value is -2.15. The fourth-order valence-electron chi connectivity index (χ4n) is 2.63. The Kier molecular flexibility index (Phi) is 4.74. The van der Waals surface area contributed by atoms with Crippen molar-refractivity contribution in [3.8, 4) is 0 Å². The summed E-state index contributed by atoms with van der Waals surface area (Å²) in [4.78, 5) is 21.3. The minimum absolute atomic E-state index is 0.0671. The number of hydrogen-bond donors (Lipinski definition) is 3. The Morgan fingerprint density at radius 3 is 2.71 bits per heavy atom. The number of nitro benzene ring substituents is 1. The maximum absolute atomic E-state index is 11.0. The van der Waals surface area contributed by atoms with Gasteiger partial charge in [-0.1, -0.05) is 12.8 Å². The van der Waals surface area contributed by atoms with E-state index in [9.17, 15) is 20.0 Å². The Labute approximate surface area is 121 Å². The van der Waals surface area contributed by atoms with Crippen molar-refractivity contribution in [2.45, 2.75) is 31.8 Å². The maximum Gasteiger partial charge on any atom is 0.335 e. The van der Waals surface area contributed by atoms with Crippen LogP contribution in [0.15, 0.2) is 18.2 Å². The maximum atomic E-state index is 11.0. The van der Waals surface area contributed by atoms with Crippen LogP contribution in [0, 0.1) is 16.0 Å². The molecule has 0 saturated heterocycles. The van der Waals surface area contributed by atoms with Crippen LogP contribution >= 0.6 is 0 Å². The third kappa shape index (κ3) is 3.69. The van der Waals surface area contributed by atoms with Gasteiger partial charge in [-0.05, 0) is 25.0 Å². The van der Waals surface area contributed by atoms with E-state index in [0.717, 1.165) is 31.7 Å². The van der Waals surface area contributed by atoms with Crippen LogP contribution < -0.4 is 5.32 Å². The summed E-state index contributed by atoms with van der Waals surface area (Å²) in [5.41, 5.74) is -0.104. The van der Waals surface area contributed by atoms with Crippen molar-refractivity contribution in [1.82, 2.24) is 0 Å². The van der Waals surface area contributed by atoms with Gasteiger partial charge in [0, 0.05) is 18.5 Å². The molecule has 1 aromatic carbocycles. The van der Waals surface area contributed by atoms with Crippen LogP contribution in [0.4, 0.5) is 11.4 Å². The van der Waals surface area contributed by atoms with Gasteiger partial charge in [-0.25, -0.2) is 4.79 Å². The molecular formula is C14H18N2O5. The molecule has 7 nitrogen and oxygen atoms in total. The minimum atomic E-state index is -1.20. The summed E-state index contributed by atoms with van der Waals surface area (Å²) >= 11 is 0. The number of nitro groups is 1. The van der Waals surface area contributed by atoms with Crippen molar-refractivity contribution in [3.05, 3.63) is 33.9 Å². The third-order valence-corrected chi connectivity index (χ3v) is 3.87. The number of benzene rings is 1. The number of aliphatic hydroxyl groups excluding tert-OH is 1. The largest absolute Gasteiger partial charge is 0.478 e. The summed E-state index contributed by atoms with van der Waals surface area (Å²) in [6.07, 6.45) is 3.31. The van der Waals surface area contributed by atoms with Crippen LogP contribution in [-0.4, -0.2) is 33.8 Å². The van der Waals surface area contributed by atoms with Crippen molar-refractivity contribution in [2.75, 3.05) is 11.9 Å². The van der Waals surface area contributed by atoms with Gasteiger partial charge in [0.1, 0.15) is 5.69 Å². The first kappa shape index (κ1) is 15.2. The second kappa shape index (κ2) is 6.53. The molecule has 7 heteroatoms. The van der Waals surface area contributed by atoms with Crippen LogP contribution in [0.1, 0.15) is 36.0 Å². The zero-order chi connectivity index (χ0) is 15.4. The number of carbonyl (C=O) groups is 1. The molecule has 0 heterocycles. The second-order valence-corrected chi connectivity index (χ2v) is 5.29. The molecule has 1 fully saturated rings. The van der Waals surface area contributed by atoms with Gasteiger partial charge in [-0.2, -0.15) is 0 Å². The van der Waals surface area contributed by atoms with E-state index < -0.39 is 10.9 Å². The van der Waals surface area contributed by atoms with E-state index in [-0.39, 0.29) is 29.0 Å². The molecule has 21 heavy (non-hydrogen) atoms. The molecule has 2 atom stereocenters. The zero-order valence-electron chi connectivity index (χ0n) is 11.5. The van der Waals surface area contributed by atoms with E-state index in [2.05, 4.69) is 5.32 Å². The van der Waals surface area contributed by atoms with Crippen molar-refractivity contribution >= 4 is 17.3 Å². The van der Waals surface area contributed by atoms with Crippen LogP contribution in [0.3, 0.4) is 0 Å². The molecule has 0 spiro atoms. The first-order chi connectivity index (χ1) is 9.99. The van der Waals surface area contributed by atoms with E-state index in [0.29, 0.717) is 6.54 Å². The van der Waals surface area contributed by atoms with E-state index in [1.54, 1.807) is 0 Å². The number of hydrogen-bond acceptors (Lipinski definition) is 5. The lowest BCUT2D eigenvalue weighted by Crippen LogP contribution is -2.30. The van der Waals surface area contributed by atoms with E-state index in [1.165, 1.54) is 12.1 Å². The molecule has 1 aromatic rings. The van der Waals surface area contributed by atoms with E-state index in [1.807, 2.05) is 0 Å². The first-order valence-corrected chi connectivity index (χ1v) is 6.92. The Morgan fingerprint density at radius 1 is 1.38 bits per heavy atom. The Balaban J connectivity index is 2.11. The summed E-state index contributed by atoms with van der Waals surface area (Å²) in [6, 6.07) is 3.77. The van der Waals surface area contributed by atoms with Crippen LogP contribution in [-0.2, 0) is 0 Å². The number of rotatable bonds is 5. The van der Waals surface area contributed by atoms with Crippen molar-refractivity contribution in [2.24, 2.45) is 5.92 Å². The Bertz CT molecular complexity index is 546. The van der Waals surface area contributed by atoms with E-state index >= 15 is 0 Å². The number of aromatic carboxylic acids is 1. The van der Waals surface area contributed by atoms with Gasteiger partial charge in [-0.3, -0.25) is 10.1 Å². The lowest BCUT2D eigenvalue weighted by Gasteiger charge is -2.27. The smallest absolute Gasteiger partial charge is 0.335 e. The van der Waals surface area contributed by atoms with Gasteiger partial charge in [0.15, 0.2) is 0 Å². The highest BCUT2D eigenvalue weighted by atomic mass is 16.6. The van der Waals surface area contributed by atoms with Crippen LogP contribution in [0.5, 0.6) is 0 Å². The molecule has 114 valence electrons. The standard InChI is InChI=1S/C14H18N2O5/c17-13-4-2-1-3-10(13)8-15-11-6-5-9(14(18)19)7-12(11)16(20)21/h5-7,10,13,15,17H,1-4,8H2,(H,18,19). The van der Waals surface area contributed by atoms with Crippen molar-refractivity contribution in [1.29, 1.82) is 0 Å². The molecule has 0 radical (unpaired) electrons. The second-order valence-electron chi connectivity index (χ2n) is 5.29. The number of aliphatic hydroxyl groups is 1. The third-order valence-electron chi connectivity index (χ3n) is 3.87. The summed E-state index contributed by atoms with van der Waals surface area (Å²) < 4.78 is 0. The van der Waals surface area contributed by atoms with Gasteiger partial charge in [-0.15, -0.1) is 0 Å². The first-order valence-electron chi connectivity index (χ1n) is 6.92. The SMILES string of the molecule is O=C(O)c1ccc(NCC2CCCCC2O)c([N+](=O)[O-])c1. The van der Waals surface area contributed by atoms with Gasteiger partial charge < -0.3 is 15.5 Å². The summed E-state index contributed by atoms with van der Waals surface area (Å²) in [7, 11) is 0. The minimum Gasteiger partial charge on any atom is -0.478 e.